The van der Waals surface area contributed by atoms with Gasteiger partial charge in [0.15, 0.2) is 0 Å². The number of rotatable bonds is 6. The van der Waals surface area contributed by atoms with Gasteiger partial charge in [0.2, 0.25) is 5.91 Å². The number of hydrogen-bond donors (Lipinski definition) is 2. The highest BCUT2D eigenvalue weighted by atomic mass is 16.5. The van der Waals surface area contributed by atoms with Gasteiger partial charge in [-0.05, 0) is 38.7 Å². The van der Waals surface area contributed by atoms with Crippen molar-refractivity contribution in [2.24, 2.45) is 5.92 Å². The Bertz CT molecular complexity index is 415. The van der Waals surface area contributed by atoms with Gasteiger partial charge in [-0.2, -0.15) is 0 Å². The predicted octanol–water partition coefficient (Wildman–Crippen LogP) is 2.53. The lowest BCUT2D eigenvalue weighted by Gasteiger charge is -2.37. The van der Waals surface area contributed by atoms with Crippen molar-refractivity contribution in [1.82, 2.24) is 5.32 Å². The minimum absolute atomic E-state index is 0. The SMILES string of the molecule is C.C=CC[C@H]1CC(C(=O)O)=C[C@@H](OC(C)C)[C@@H]1NC(C)=O. The summed E-state index contributed by atoms with van der Waals surface area (Å²) in [7, 11) is 0. The van der Waals surface area contributed by atoms with Crippen LogP contribution in [-0.4, -0.2) is 35.2 Å². The molecule has 0 saturated carbocycles. The predicted molar refractivity (Wildman–Crippen MR) is 83.0 cm³/mol. The summed E-state index contributed by atoms with van der Waals surface area (Å²) in [6.07, 6.45) is 3.92. The van der Waals surface area contributed by atoms with Gasteiger partial charge in [-0.25, -0.2) is 4.79 Å². The van der Waals surface area contributed by atoms with Crippen LogP contribution < -0.4 is 5.32 Å². The zero-order valence-electron chi connectivity index (χ0n) is 12.3. The van der Waals surface area contributed by atoms with E-state index in [1.165, 1.54) is 6.92 Å². The molecule has 0 aromatic carbocycles. The van der Waals surface area contributed by atoms with Gasteiger partial charge < -0.3 is 15.2 Å². The summed E-state index contributed by atoms with van der Waals surface area (Å²) in [5, 5.41) is 12.1. The summed E-state index contributed by atoms with van der Waals surface area (Å²) in [5.74, 6) is -1.09. The number of carboxylic acid groups (broad SMARTS) is 1. The van der Waals surface area contributed by atoms with Crippen molar-refractivity contribution in [2.45, 2.75) is 59.3 Å². The minimum atomic E-state index is -0.933. The van der Waals surface area contributed by atoms with Crippen molar-refractivity contribution in [2.75, 3.05) is 0 Å². The molecule has 0 spiro atoms. The molecule has 120 valence electrons. The van der Waals surface area contributed by atoms with Gasteiger partial charge in [-0.3, -0.25) is 4.79 Å². The maximum atomic E-state index is 11.4. The molecule has 0 fully saturated rings. The first-order valence-electron chi connectivity index (χ1n) is 6.82. The summed E-state index contributed by atoms with van der Waals surface area (Å²) in [6.45, 7) is 8.93. The third-order valence-electron chi connectivity index (χ3n) is 3.25. The molecule has 0 saturated heterocycles. The van der Waals surface area contributed by atoms with Gasteiger partial charge >= 0.3 is 5.97 Å². The summed E-state index contributed by atoms with van der Waals surface area (Å²) >= 11 is 0. The average molecular weight is 297 g/mol. The van der Waals surface area contributed by atoms with Gasteiger partial charge in [-0.15, -0.1) is 6.58 Å². The Balaban J connectivity index is 0.00000400. The Morgan fingerprint density at radius 2 is 2.19 bits per heavy atom. The molecule has 2 N–H and O–H groups in total. The fourth-order valence-electron chi connectivity index (χ4n) is 2.52. The highest BCUT2D eigenvalue weighted by molar-refractivity contribution is 5.87. The van der Waals surface area contributed by atoms with E-state index in [4.69, 9.17) is 4.74 Å². The van der Waals surface area contributed by atoms with Crippen LogP contribution in [0.25, 0.3) is 0 Å². The van der Waals surface area contributed by atoms with Gasteiger partial charge in [-0.1, -0.05) is 13.5 Å². The van der Waals surface area contributed by atoms with Crippen LogP contribution in [0.1, 0.15) is 41.0 Å². The van der Waals surface area contributed by atoms with Crippen molar-refractivity contribution in [1.29, 1.82) is 0 Å². The maximum Gasteiger partial charge on any atom is 0.331 e. The molecule has 0 aromatic heterocycles. The normalized spacial score (nSPS) is 24.8. The molecule has 5 heteroatoms. The summed E-state index contributed by atoms with van der Waals surface area (Å²) in [6, 6.07) is -0.226. The monoisotopic (exact) mass is 297 g/mol. The second kappa shape index (κ2) is 8.62. The van der Waals surface area contributed by atoms with Crippen LogP contribution in [0.2, 0.25) is 0 Å². The maximum absolute atomic E-state index is 11.4. The largest absolute Gasteiger partial charge is 0.478 e. The molecule has 1 aliphatic carbocycles. The van der Waals surface area contributed by atoms with E-state index in [0.29, 0.717) is 18.4 Å². The second-order valence-electron chi connectivity index (χ2n) is 5.36. The van der Waals surface area contributed by atoms with Crippen molar-refractivity contribution in [3.05, 3.63) is 24.3 Å². The molecule has 1 amide bonds. The number of aliphatic carboxylic acids is 1. The quantitative estimate of drug-likeness (QED) is 0.739. The fraction of sp³-hybridized carbons (Fsp3) is 0.625. The molecule has 1 rings (SSSR count). The molecule has 0 unspecified atom stereocenters. The van der Waals surface area contributed by atoms with E-state index < -0.39 is 12.1 Å². The molecule has 3 atom stereocenters. The van der Waals surface area contributed by atoms with E-state index in [1.807, 2.05) is 13.8 Å². The first-order chi connectivity index (χ1) is 9.35. The van der Waals surface area contributed by atoms with Crippen molar-refractivity contribution >= 4 is 11.9 Å². The molecule has 0 heterocycles. The number of ether oxygens (including phenoxy) is 1. The van der Waals surface area contributed by atoms with Crippen molar-refractivity contribution < 1.29 is 19.4 Å². The molecule has 0 aromatic rings. The lowest BCUT2D eigenvalue weighted by molar-refractivity contribution is -0.133. The molecular formula is C16H27NO4. The lowest BCUT2D eigenvalue weighted by Crippen LogP contribution is -2.50. The molecule has 1 aliphatic rings. The number of carboxylic acids is 1. The third kappa shape index (κ3) is 5.71. The highest BCUT2D eigenvalue weighted by Gasteiger charge is 2.36. The number of hydrogen-bond acceptors (Lipinski definition) is 3. The van der Waals surface area contributed by atoms with Crippen LogP contribution in [0.3, 0.4) is 0 Å². The zero-order valence-corrected chi connectivity index (χ0v) is 12.3. The summed E-state index contributed by atoms with van der Waals surface area (Å²) < 4.78 is 5.77. The Hall–Kier alpha value is -1.62. The Morgan fingerprint density at radius 1 is 1.57 bits per heavy atom. The molecule has 0 bridgehead atoms. The van der Waals surface area contributed by atoms with Crippen LogP contribution in [0.5, 0.6) is 0 Å². The smallest absolute Gasteiger partial charge is 0.331 e. The van der Waals surface area contributed by atoms with Crippen molar-refractivity contribution in [3.63, 3.8) is 0 Å². The fourth-order valence-corrected chi connectivity index (χ4v) is 2.52. The van der Waals surface area contributed by atoms with Crippen LogP contribution in [0.4, 0.5) is 0 Å². The average Bonchev–Trinajstić information content (AvgIpc) is 2.31. The van der Waals surface area contributed by atoms with Gasteiger partial charge in [0.1, 0.15) is 0 Å². The van der Waals surface area contributed by atoms with E-state index in [-0.39, 0.29) is 31.4 Å². The number of allylic oxidation sites excluding steroid dienone is 1. The Labute approximate surface area is 127 Å². The molecular weight excluding hydrogens is 270 g/mol. The summed E-state index contributed by atoms with van der Waals surface area (Å²) in [4.78, 5) is 22.6. The molecule has 0 radical (unpaired) electrons. The molecule has 5 nitrogen and oxygen atoms in total. The van der Waals surface area contributed by atoms with Crippen LogP contribution in [-0.2, 0) is 14.3 Å². The summed E-state index contributed by atoms with van der Waals surface area (Å²) in [5.41, 5.74) is 0.337. The molecule has 0 aliphatic heterocycles. The van der Waals surface area contributed by atoms with Crippen molar-refractivity contribution in [3.8, 4) is 0 Å². The number of amides is 1. The zero-order chi connectivity index (χ0) is 15.3. The topological polar surface area (TPSA) is 75.6 Å². The first-order valence-corrected chi connectivity index (χ1v) is 6.82. The Kier molecular flexibility index (Phi) is 7.95. The number of carbonyl (C=O) groups excluding carboxylic acids is 1. The van der Waals surface area contributed by atoms with E-state index in [9.17, 15) is 14.7 Å². The standard InChI is InChI=1S/C15H23NO4.CH4/c1-5-6-11-7-12(15(18)19)8-13(20-9(2)3)14(11)16-10(4)17;/h5,8-9,11,13-14H,1,6-7H2,2-4H3,(H,16,17)(H,18,19);1H4/t11-,13+,14+;/m0./s1. The van der Waals surface area contributed by atoms with Gasteiger partial charge in [0, 0.05) is 12.5 Å². The van der Waals surface area contributed by atoms with E-state index >= 15 is 0 Å². The van der Waals surface area contributed by atoms with E-state index in [1.54, 1.807) is 12.2 Å². The van der Waals surface area contributed by atoms with Crippen LogP contribution in [0, 0.1) is 5.92 Å². The Morgan fingerprint density at radius 3 is 2.62 bits per heavy atom. The van der Waals surface area contributed by atoms with Gasteiger partial charge in [0.25, 0.3) is 0 Å². The molecule has 21 heavy (non-hydrogen) atoms. The first kappa shape index (κ1) is 19.4. The second-order valence-corrected chi connectivity index (χ2v) is 5.36. The third-order valence-corrected chi connectivity index (χ3v) is 3.25. The van der Waals surface area contributed by atoms with E-state index in [0.717, 1.165) is 0 Å². The van der Waals surface area contributed by atoms with E-state index in [2.05, 4.69) is 11.9 Å². The number of carbonyl (C=O) groups is 2. The highest BCUT2D eigenvalue weighted by Crippen LogP contribution is 2.30. The lowest BCUT2D eigenvalue weighted by atomic mass is 9.80. The van der Waals surface area contributed by atoms with Crippen LogP contribution in [0.15, 0.2) is 24.3 Å². The van der Waals surface area contributed by atoms with Gasteiger partial charge in [0.05, 0.1) is 18.2 Å². The minimum Gasteiger partial charge on any atom is -0.478 e. The van der Waals surface area contributed by atoms with Crippen LogP contribution >= 0.6 is 0 Å². The number of nitrogens with one attached hydrogen (secondary N) is 1.